The minimum atomic E-state index is -3.68. The third-order valence-corrected chi connectivity index (χ3v) is 11.3. The molecule has 26 heavy (non-hydrogen) atoms. The molecule has 0 saturated heterocycles. The summed E-state index contributed by atoms with van der Waals surface area (Å²) >= 11 is 0. The first-order valence-electron chi connectivity index (χ1n) is 8.66. The number of rotatable bonds is 9. The summed E-state index contributed by atoms with van der Waals surface area (Å²) in [6.07, 6.45) is 0. The molecule has 1 unspecified atom stereocenters. The van der Waals surface area contributed by atoms with E-state index in [0.29, 0.717) is 10.6 Å². The van der Waals surface area contributed by atoms with Gasteiger partial charge in [-0.1, -0.05) is 60.7 Å². The molecule has 0 saturated carbocycles. The summed E-state index contributed by atoms with van der Waals surface area (Å²) in [5.41, 5.74) is -0.917. The molecule has 0 bridgehead atoms. The zero-order valence-electron chi connectivity index (χ0n) is 15.7. The molecule has 142 valence electrons. The highest BCUT2D eigenvalue weighted by Crippen LogP contribution is 2.68. The molecule has 2 aromatic carbocycles. The monoisotopic (exact) mass is 395 g/mol. The van der Waals surface area contributed by atoms with Crippen molar-refractivity contribution in [2.24, 2.45) is 0 Å². The van der Waals surface area contributed by atoms with Gasteiger partial charge in [-0.15, -0.1) is 0 Å². The first-order valence-corrected chi connectivity index (χ1v) is 12.0. The van der Waals surface area contributed by atoms with Crippen LogP contribution in [0.15, 0.2) is 60.7 Å². The van der Waals surface area contributed by atoms with Gasteiger partial charge in [-0.25, -0.2) is 0 Å². The Labute approximate surface area is 156 Å². The van der Waals surface area contributed by atoms with Crippen LogP contribution in [0.2, 0.25) is 0 Å². The summed E-state index contributed by atoms with van der Waals surface area (Å²) in [6, 6.07) is 18.3. The Kier molecular flexibility index (Phi) is 7.40. The van der Waals surface area contributed by atoms with Crippen LogP contribution in [0.25, 0.3) is 0 Å². The highest BCUT2D eigenvalue weighted by molar-refractivity contribution is 7.87. The second-order valence-electron chi connectivity index (χ2n) is 6.01. The third kappa shape index (κ3) is 4.19. The fourth-order valence-corrected chi connectivity index (χ4v) is 10.2. The van der Waals surface area contributed by atoms with Crippen molar-refractivity contribution in [3.63, 3.8) is 0 Å². The first kappa shape index (κ1) is 21.1. The van der Waals surface area contributed by atoms with E-state index < -0.39 is 20.3 Å². The summed E-state index contributed by atoms with van der Waals surface area (Å²) in [7, 11) is -3.52. The molecule has 0 heterocycles. The molecular weight excluding hydrogens is 368 g/mol. The van der Waals surface area contributed by atoms with E-state index >= 15 is 0 Å². The molecule has 0 aliphatic carbocycles. The van der Waals surface area contributed by atoms with Gasteiger partial charge in [0.25, 0.3) is 0 Å². The fourth-order valence-electron chi connectivity index (χ4n) is 3.05. The smallest absolute Gasteiger partial charge is 0.311 e. The van der Waals surface area contributed by atoms with Gasteiger partial charge >= 0.3 is 7.60 Å². The molecule has 2 rings (SSSR count). The standard InChI is InChI=1S/C19H27NO4P2/c1-5-23-26(22,24-6-2)19(20(3)4)25(21,17-13-9-7-10-14-17)18-15-11-8-12-16-18/h7-16,19H,5-6H2,1-4H3. The Morgan fingerprint density at radius 2 is 1.19 bits per heavy atom. The Morgan fingerprint density at radius 1 is 0.808 bits per heavy atom. The van der Waals surface area contributed by atoms with E-state index in [1.165, 1.54) is 0 Å². The average molecular weight is 395 g/mol. The highest BCUT2D eigenvalue weighted by Gasteiger charge is 2.51. The molecule has 0 aliphatic rings. The van der Waals surface area contributed by atoms with Crippen molar-refractivity contribution >= 4 is 25.3 Å². The van der Waals surface area contributed by atoms with Gasteiger partial charge < -0.3 is 13.6 Å². The molecule has 0 fully saturated rings. The van der Waals surface area contributed by atoms with E-state index in [4.69, 9.17) is 9.05 Å². The normalized spacial score (nSPS) is 13.7. The van der Waals surface area contributed by atoms with E-state index in [1.54, 1.807) is 32.8 Å². The van der Waals surface area contributed by atoms with Gasteiger partial charge in [0.15, 0.2) is 12.7 Å². The zero-order chi connectivity index (χ0) is 19.2. The van der Waals surface area contributed by atoms with Crippen molar-refractivity contribution in [3.05, 3.63) is 60.7 Å². The van der Waals surface area contributed by atoms with E-state index in [-0.39, 0.29) is 13.2 Å². The molecule has 7 heteroatoms. The van der Waals surface area contributed by atoms with Crippen LogP contribution in [-0.2, 0) is 18.2 Å². The Morgan fingerprint density at radius 3 is 1.50 bits per heavy atom. The Balaban J connectivity index is 2.77. The lowest BCUT2D eigenvalue weighted by atomic mass is 10.4. The van der Waals surface area contributed by atoms with Gasteiger partial charge in [0.1, 0.15) is 0 Å². The van der Waals surface area contributed by atoms with Crippen LogP contribution >= 0.6 is 14.7 Å². The topological polar surface area (TPSA) is 55.8 Å². The molecule has 0 aliphatic heterocycles. The predicted octanol–water partition coefficient (Wildman–Crippen LogP) is 4.11. The van der Waals surface area contributed by atoms with E-state index in [1.807, 2.05) is 60.7 Å². The van der Waals surface area contributed by atoms with E-state index in [9.17, 15) is 9.13 Å². The summed E-state index contributed by atoms with van der Waals surface area (Å²) < 4.78 is 39.5. The SMILES string of the molecule is CCOP(=O)(OCC)C(N(C)C)P(=O)(c1ccccc1)c1ccccc1. The summed E-state index contributed by atoms with van der Waals surface area (Å²) in [6.45, 7) is 3.94. The molecule has 0 N–H and O–H groups in total. The van der Waals surface area contributed by atoms with Crippen molar-refractivity contribution in [3.8, 4) is 0 Å². The minimum Gasteiger partial charge on any atom is -0.311 e. The van der Waals surface area contributed by atoms with Gasteiger partial charge in [0.2, 0.25) is 0 Å². The lowest BCUT2D eigenvalue weighted by Crippen LogP contribution is -2.37. The van der Waals surface area contributed by atoms with Crippen molar-refractivity contribution in [1.82, 2.24) is 4.90 Å². The van der Waals surface area contributed by atoms with E-state index in [2.05, 4.69) is 0 Å². The maximum atomic E-state index is 14.6. The number of hydrogen-bond donors (Lipinski definition) is 0. The van der Waals surface area contributed by atoms with Crippen LogP contribution in [-0.4, -0.2) is 37.7 Å². The van der Waals surface area contributed by atoms with Crippen molar-refractivity contribution in [2.45, 2.75) is 19.4 Å². The lowest BCUT2D eigenvalue weighted by Gasteiger charge is -2.37. The number of nitrogens with zero attached hydrogens (tertiary/aromatic N) is 1. The van der Waals surface area contributed by atoms with Crippen LogP contribution in [0, 0.1) is 0 Å². The summed E-state index contributed by atoms with van der Waals surface area (Å²) in [4.78, 5) is 1.70. The zero-order valence-corrected chi connectivity index (χ0v) is 17.5. The summed E-state index contributed by atoms with van der Waals surface area (Å²) in [5.74, 6) is 0. The second kappa shape index (κ2) is 9.12. The maximum Gasteiger partial charge on any atom is 0.355 e. The van der Waals surface area contributed by atoms with Gasteiger partial charge in [0.05, 0.1) is 13.2 Å². The average Bonchev–Trinajstić information content (AvgIpc) is 2.63. The van der Waals surface area contributed by atoms with Crippen LogP contribution < -0.4 is 10.6 Å². The number of benzene rings is 2. The molecule has 0 amide bonds. The fraction of sp³-hybridized carbons (Fsp3) is 0.368. The molecule has 0 aromatic heterocycles. The first-order chi connectivity index (χ1) is 12.4. The molecule has 1 atom stereocenters. The van der Waals surface area contributed by atoms with Gasteiger partial charge in [0, 0.05) is 10.6 Å². The molecule has 5 nitrogen and oxygen atoms in total. The van der Waals surface area contributed by atoms with E-state index in [0.717, 1.165) is 0 Å². The minimum absolute atomic E-state index is 0.213. The predicted molar refractivity (Wildman–Crippen MR) is 108 cm³/mol. The molecule has 0 radical (unpaired) electrons. The number of hydrogen-bond acceptors (Lipinski definition) is 5. The summed E-state index contributed by atoms with van der Waals surface area (Å²) in [5, 5.41) is 1.26. The Hall–Kier alpha value is -1.22. The highest BCUT2D eigenvalue weighted by atomic mass is 31.2. The second-order valence-corrected chi connectivity index (χ2v) is 11.3. The third-order valence-electron chi connectivity index (χ3n) is 3.97. The van der Waals surface area contributed by atoms with Crippen molar-refractivity contribution in [2.75, 3.05) is 27.3 Å². The van der Waals surface area contributed by atoms with Gasteiger partial charge in [-0.05, 0) is 27.9 Å². The molecular formula is C19H27NO4P2. The van der Waals surface area contributed by atoms with Crippen LogP contribution in [0.1, 0.15) is 13.8 Å². The van der Waals surface area contributed by atoms with Gasteiger partial charge in [-0.3, -0.25) is 9.46 Å². The Bertz CT molecular complexity index is 727. The maximum absolute atomic E-state index is 14.6. The van der Waals surface area contributed by atoms with Crippen LogP contribution in [0.5, 0.6) is 0 Å². The molecule has 0 spiro atoms. The van der Waals surface area contributed by atoms with Crippen molar-refractivity contribution in [1.29, 1.82) is 0 Å². The largest absolute Gasteiger partial charge is 0.355 e. The lowest BCUT2D eigenvalue weighted by molar-refractivity contribution is 0.201. The van der Waals surface area contributed by atoms with Gasteiger partial charge in [-0.2, -0.15) is 0 Å². The van der Waals surface area contributed by atoms with Crippen LogP contribution in [0.4, 0.5) is 0 Å². The van der Waals surface area contributed by atoms with Crippen molar-refractivity contribution < 1.29 is 18.2 Å². The quantitative estimate of drug-likeness (QED) is 0.598. The van der Waals surface area contributed by atoms with Crippen LogP contribution in [0.3, 0.4) is 0 Å². The molecule has 2 aromatic rings.